The summed E-state index contributed by atoms with van der Waals surface area (Å²) in [4.78, 5) is 28.9. The van der Waals surface area contributed by atoms with Crippen LogP contribution in [0.25, 0.3) is 11.1 Å². The molecule has 1 N–H and O–H groups in total. The molecule has 0 spiro atoms. The van der Waals surface area contributed by atoms with Gasteiger partial charge in [-0.25, -0.2) is 9.18 Å². The van der Waals surface area contributed by atoms with E-state index in [2.05, 4.69) is 10.3 Å². The second-order valence-corrected chi connectivity index (χ2v) is 6.55. The van der Waals surface area contributed by atoms with E-state index < -0.39 is 5.97 Å². The lowest BCUT2D eigenvalue weighted by Crippen LogP contribution is -2.16. The van der Waals surface area contributed by atoms with Gasteiger partial charge in [-0.15, -0.1) is 11.3 Å². The minimum atomic E-state index is -0.505. The standard InChI is InChI=1S/C20H17FN2O3S/c1-2-26-20(25)18-16(14-4-3-9-22-11-14)12-27-19(18)23-17(24)10-13-5-7-15(21)8-6-13/h3-9,11-12H,2,10H2,1H3,(H,23,24). The highest BCUT2D eigenvalue weighted by atomic mass is 32.1. The lowest BCUT2D eigenvalue weighted by Gasteiger charge is -2.09. The van der Waals surface area contributed by atoms with Crippen LogP contribution in [0.1, 0.15) is 22.8 Å². The third-order valence-electron chi connectivity index (χ3n) is 3.77. The summed E-state index contributed by atoms with van der Waals surface area (Å²) in [7, 11) is 0. The summed E-state index contributed by atoms with van der Waals surface area (Å²) in [6.07, 6.45) is 3.36. The molecule has 1 amide bonds. The minimum Gasteiger partial charge on any atom is -0.462 e. The normalized spacial score (nSPS) is 10.4. The molecule has 7 heteroatoms. The predicted octanol–water partition coefficient (Wildman–Crippen LogP) is 4.31. The highest BCUT2D eigenvalue weighted by molar-refractivity contribution is 7.15. The van der Waals surface area contributed by atoms with Gasteiger partial charge in [-0.3, -0.25) is 9.78 Å². The van der Waals surface area contributed by atoms with E-state index in [0.717, 1.165) is 5.56 Å². The molecule has 0 bridgehead atoms. The van der Waals surface area contributed by atoms with E-state index in [9.17, 15) is 14.0 Å². The molecule has 3 rings (SSSR count). The Balaban J connectivity index is 1.86. The van der Waals surface area contributed by atoms with Gasteiger partial charge in [-0.2, -0.15) is 0 Å². The molecule has 1 aromatic carbocycles. The van der Waals surface area contributed by atoms with Gasteiger partial charge in [0.25, 0.3) is 0 Å². The first-order valence-corrected chi connectivity index (χ1v) is 9.19. The first-order valence-electron chi connectivity index (χ1n) is 8.31. The molecule has 138 valence electrons. The van der Waals surface area contributed by atoms with Crippen LogP contribution in [0.4, 0.5) is 9.39 Å². The molecule has 2 heterocycles. The number of hydrogen-bond donors (Lipinski definition) is 1. The molecular formula is C20H17FN2O3S. The monoisotopic (exact) mass is 384 g/mol. The third kappa shape index (κ3) is 4.57. The Bertz CT molecular complexity index is 940. The zero-order valence-electron chi connectivity index (χ0n) is 14.6. The Morgan fingerprint density at radius 2 is 2.00 bits per heavy atom. The number of carbonyl (C=O) groups is 2. The van der Waals surface area contributed by atoms with Gasteiger partial charge >= 0.3 is 5.97 Å². The van der Waals surface area contributed by atoms with Gasteiger partial charge in [0.1, 0.15) is 16.4 Å². The highest BCUT2D eigenvalue weighted by Gasteiger charge is 2.22. The highest BCUT2D eigenvalue weighted by Crippen LogP contribution is 2.36. The molecular weight excluding hydrogens is 367 g/mol. The predicted molar refractivity (Wildman–Crippen MR) is 102 cm³/mol. The van der Waals surface area contributed by atoms with Crippen LogP contribution in [0.3, 0.4) is 0 Å². The van der Waals surface area contributed by atoms with Gasteiger partial charge in [-0.05, 0) is 30.7 Å². The van der Waals surface area contributed by atoms with E-state index in [1.165, 1.54) is 23.5 Å². The van der Waals surface area contributed by atoms with Gasteiger partial charge in [0, 0.05) is 28.9 Å². The van der Waals surface area contributed by atoms with Crippen LogP contribution in [-0.2, 0) is 16.0 Å². The van der Waals surface area contributed by atoms with Gasteiger partial charge in [0.05, 0.1) is 13.0 Å². The number of halogens is 1. The number of nitrogens with one attached hydrogen (secondary N) is 1. The molecule has 0 saturated carbocycles. The maximum atomic E-state index is 13.0. The summed E-state index contributed by atoms with van der Waals surface area (Å²) in [5.41, 5.74) is 2.40. The Labute approximate surface area is 159 Å². The van der Waals surface area contributed by atoms with Gasteiger partial charge < -0.3 is 10.1 Å². The molecule has 0 fully saturated rings. The molecule has 0 aliphatic carbocycles. The summed E-state index contributed by atoms with van der Waals surface area (Å²) in [6, 6.07) is 9.32. The zero-order valence-corrected chi connectivity index (χ0v) is 15.4. The zero-order chi connectivity index (χ0) is 19.2. The number of nitrogens with zero attached hydrogens (tertiary/aromatic N) is 1. The summed E-state index contributed by atoms with van der Waals surface area (Å²) in [6.45, 7) is 1.95. The molecule has 0 aliphatic heterocycles. The Kier molecular flexibility index (Phi) is 5.93. The third-order valence-corrected chi connectivity index (χ3v) is 4.67. The number of anilines is 1. The van der Waals surface area contributed by atoms with Crippen molar-refractivity contribution in [1.82, 2.24) is 4.98 Å². The number of amides is 1. The molecule has 5 nitrogen and oxygen atoms in total. The number of benzene rings is 1. The fourth-order valence-electron chi connectivity index (χ4n) is 2.55. The number of aromatic nitrogens is 1. The Morgan fingerprint density at radius 3 is 2.67 bits per heavy atom. The van der Waals surface area contributed by atoms with Crippen molar-refractivity contribution in [3.8, 4) is 11.1 Å². The van der Waals surface area contributed by atoms with Crippen molar-refractivity contribution in [3.05, 3.63) is 71.1 Å². The number of rotatable bonds is 6. The van der Waals surface area contributed by atoms with Crippen LogP contribution in [-0.4, -0.2) is 23.5 Å². The van der Waals surface area contributed by atoms with Crippen molar-refractivity contribution in [1.29, 1.82) is 0 Å². The lowest BCUT2D eigenvalue weighted by molar-refractivity contribution is -0.115. The summed E-state index contributed by atoms with van der Waals surface area (Å²) >= 11 is 1.25. The molecule has 0 aliphatic rings. The molecule has 0 atom stereocenters. The van der Waals surface area contributed by atoms with Crippen molar-refractivity contribution >= 4 is 28.2 Å². The van der Waals surface area contributed by atoms with Crippen molar-refractivity contribution in [2.75, 3.05) is 11.9 Å². The molecule has 0 radical (unpaired) electrons. The first-order chi connectivity index (χ1) is 13.1. The largest absolute Gasteiger partial charge is 0.462 e. The summed E-state index contributed by atoms with van der Waals surface area (Å²) in [5.74, 6) is -1.16. The number of esters is 1. The van der Waals surface area contributed by atoms with Crippen molar-refractivity contribution in [2.24, 2.45) is 0 Å². The Morgan fingerprint density at radius 1 is 1.22 bits per heavy atom. The average molecular weight is 384 g/mol. The smallest absolute Gasteiger partial charge is 0.341 e. The second-order valence-electron chi connectivity index (χ2n) is 5.67. The van der Waals surface area contributed by atoms with E-state index in [1.807, 2.05) is 6.07 Å². The number of hydrogen-bond acceptors (Lipinski definition) is 5. The van der Waals surface area contributed by atoms with E-state index in [-0.39, 0.29) is 24.8 Å². The van der Waals surface area contributed by atoms with Crippen LogP contribution in [0, 0.1) is 5.82 Å². The lowest BCUT2D eigenvalue weighted by atomic mass is 10.1. The van der Waals surface area contributed by atoms with E-state index in [4.69, 9.17) is 4.74 Å². The second kappa shape index (κ2) is 8.55. The van der Waals surface area contributed by atoms with Crippen LogP contribution in [0.5, 0.6) is 0 Å². The Hall–Kier alpha value is -3.06. The first kappa shape index (κ1) is 18.7. The molecule has 2 aromatic heterocycles. The van der Waals surface area contributed by atoms with Crippen molar-refractivity contribution < 1.29 is 18.7 Å². The number of thiophene rings is 1. The van der Waals surface area contributed by atoms with E-state index >= 15 is 0 Å². The van der Waals surface area contributed by atoms with E-state index in [0.29, 0.717) is 21.7 Å². The maximum absolute atomic E-state index is 13.0. The topological polar surface area (TPSA) is 68.3 Å². The number of carbonyl (C=O) groups excluding carboxylic acids is 2. The number of ether oxygens (including phenoxy) is 1. The molecule has 0 unspecified atom stereocenters. The van der Waals surface area contributed by atoms with Gasteiger partial charge in [-0.1, -0.05) is 18.2 Å². The van der Waals surface area contributed by atoms with Gasteiger partial charge in [0.2, 0.25) is 5.91 Å². The summed E-state index contributed by atoms with van der Waals surface area (Å²) < 4.78 is 18.2. The van der Waals surface area contributed by atoms with Crippen molar-refractivity contribution in [3.63, 3.8) is 0 Å². The minimum absolute atomic E-state index is 0.0721. The fourth-order valence-corrected chi connectivity index (χ4v) is 3.52. The molecule has 3 aromatic rings. The SMILES string of the molecule is CCOC(=O)c1c(-c2cccnc2)csc1NC(=O)Cc1ccc(F)cc1. The number of pyridine rings is 1. The van der Waals surface area contributed by atoms with E-state index in [1.54, 1.807) is 42.9 Å². The van der Waals surface area contributed by atoms with Crippen molar-refractivity contribution in [2.45, 2.75) is 13.3 Å². The van der Waals surface area contributed by atoms with Crippen LogP contribution in [0.2, 0.25) is 0 Å². The molecule has 0 saturated heterocycles. The summed E-state index contributed by atoms with van der Waals surface area (Å²) in [5, 5.41) is 4.97. The van der Waals surface area contributed by atoms with Crippen LogP contribution in [0.15, 0.2) is 54.2 Å². The van der Waals surface area contributed by atoms with Crippen LogP contribution >= 0.6 is 11.3 Å². The van der Waals surface area contributed by atoms with Crippen LogP contribution < -0.4 is 5.32 Å². The maximum Gasteiger partial charge on any atom is 0.341 e. The fraction of sp³-hybridized carbons (Fsp3) is 0.150. The quantitative estimate of drug-likeness (QED) is 0.643. The average Bonchev–Trinajstić information content (AvgIpc) is 3.08. The molecule has 27 heavy (non-hydrogen) atoms. The van der Waals surface area contributed by atoms with Gasteiger partial charge in [0.15, 0.2) is 0 Å².